The zero-order valence-electron chi connectivity index (χ0n) is 10.9. The predicted octanol–water partition coefficient (Wildman–Crippen LogP) is 2.75. The molecule has 1 fully saturated rings. The number of carbonyl (C=O) groups is 1. The summed E-state index contributed by atoms with van der Waals surface area (Å²) in [5.41, 5.74) is 8.09. The van der Waals surface area contributed by atoms with E-state index in [0.29, 0.717) is 11.6 Å². The van der Waals surface area contributed by atoms with E-state index in [1.165, 1.54) is 0 Å². The van der Waals surface area contributed by atoms with Crippen molar-refractivity contribution in [3.05, 3.63) is 70.7 Å². The Hall–Kier alpha value is -1.84. The number of carbonyl (C=O) groups excluding carboxylic acids is 1. The Morgan fingerprint density at radius 3 is 2.35 bits per heavy atom. The highest BCUT2D eigenvalue weighted by Crippen LogP contribution is 2.35. The highest BCUT2D eigenvalue weighted by Gasteiger charge is 2.45. The molecule has 1 aliphatic rings. The van der Waals surface area contributed by atoms with Gasteiger partial charge in [0.05, 0.1) is 6.04 Å². The topological polar surface area (TPSA) is 46.3 Å². The summed E-state index contributed by atoms with van der Waals surface area (Å²) in [4.78, 5) is 13.8. The first-order valence-electron chi connectivity index (χ1n) is 6.52. The molecule has 3 nitrogen and oxygen atoms in total. The van der Waals surface area contributed by atoms with Crippen LogP contribution in [0.4, 0.5) is 0 Å². The second-order valence-electron chi connectivity index (χ2n) is 4.97. The van der Waals surface area contributed by atoms with Gasteiger partial charge in [0.15, 0.2) is 0 Å². The van der Waals surface area contributed by atoms with E-state index in [0.717, 1.165) is 11.1 Å². The number of amides is 1. The van der Waals surface area contributed by atoms with Crippen molar-refractivity contribution < 1.29 is 4.79 Å². The molecule has 4 heteroatoms. The van der Waals surface area contributed by atoms with Crippen molar-refractivity contribution in [2.75, 3.05) is 0 Å². The van der Waals surface area contributed by atoms with E-state index in [2.05, 4.69) is 0 Å². The van der Waals surface area contributed by atoms with E-state index in [4.69, 9.17) is 17.3 Å². The third kappa shape index (κ3) is 2.30. The molecule has 1 saturated heterocycles. The highest BCUT2D eigenvalue weighted by molar-refractivity contribution is 6.30. The summed E-state index contributed by atoms with van der Waals surface area (Å²) in [6.45, 7) is 0.584. The molecule has 2 aromatic rings. The minimum Gasteiger partial charge on any atom is -0.328 e. The number of nitrogens with two attached hydrogens (primary N) is 1. The average Bonchev–Trinajstić information content (AvgIpc) is 2.49. The fourth-order valence-electron chi connectivity index (χ4n) is 2.58. The van der Waals surface area contributed by atoms with Crippen LogP contribution in [0.2, 0.25) is 5.02 Å². The second-order valence-corrected chi connectivity index (χ2v) is 5.41. The maximum Gasteiger partial charge on any atom is 0.242 e. The van der Waals surface area contributed by atoms with Gasteiger partial charge in [-0.1, -0.05) is 54.1 Å². The predicted molar refractivity (Wildman–Crippen MR) is 79.2 cm³/mol. The maximum absolute atomic E-state index is 12.0. The van der Waals surface area contributed by atoms with Crippen LogP contribution in [-0.4, -0.2) is 16.8 Å². The van der Waals surface area contributed by atoms with Gasteiger partial charge in [-0.3, -0.25) is 4.79 Å². The van der Waals surface area contributed by atoms with Crippen LogP contribution in [0.15, 0.2) is 54.6 Å². The van der Waals surface area contributed by atoms with E-state index in [1.54, 1.807) is 0 Å². The van der Waals surface area contributed by atoms with Crippen LogP contribution >= 0.6 is 11.6 Å². The van der Waals surface area contributed by atoms with Crippen molar-refractivity contribution in [2.45, 2.75) is 18.6 Å². The van der Waals surface area contributed by atoms with Crippen molar-refractivity contribution in [3.8, 4) is 0 Å². The van der Waals surface area contributed by atoms with E-state index in [-0.39, 0.29) is 11.9 Å². The van der Waals surface area contributed by atoms with Crippen LogP contribution in [0.1, 0.15) is 17.2 Å². The maximum atomic E-state index is 12.0. The van der Waals surface area contributed by atoms with Crippen LogP contribution in [0.25, 0.3) is 0 Å². The monoisotopic (exact) mass is 286 g/mol. The summed E-state index contributed by atoms with van der Waals surface area (Å²) in [6.07, 6.45) is 0. The molecule has 2 atom stereocenters. The minimum absolute atomic E-state index is 0.00574. The molecule has 1 heterocycles. The van der Waals surface area contributed by atoms with Gasteiger partial charge >= 0.3 is 0 Å². The molecule has 20 heavy (non-hydrogen) atoms. The minimum atomic E-state index is -0.458. The van der Waals surface area contributed by atoms with E-state index in [9.17, 15) is 4.79 Å². The fraction of sp³-hybridized carbons (Fsp3) is 0.188. The summed E-state index contributed by atoms with van der Waals surface area (Å²) >= 11 is 5.90. The summed E-state index contributed by atoms with van der Waals surface area (Å²) in [7, 11) is 0. The lowest BCUT2D eigenvalue weighted by atomic mass is 9.88. The lowest BCUT2D eigenvalue weighted by molar-refractivity contribution is -0.150. The average molecular weight is 287 g/mol. The molecule has 2 N–H and O–H groups in total. The van der Waals surface area contributed by atoms with E-state index in [1.807, 2.05) is 59.5 Å². The Kier molecular flexibility index (Phi) is 3.47. The van der Waals surface area contributed by atoms with E-state index >= 15 is 0 Å². The van der Waals surface area contributed by atoms with Gasteiger partial charge in [-0.15, -0.1) is 0 Å². The Morgan fingerprint density at radius 2 is 1.70 bits per heavy atom. The molecule has 0 radical (unpaired) electrons. The summed E-state index contributed by atoms with van der Waals surface area (Å²) in [6, 6.07) is 16.9. The Bertz CT molecular complexity index is 612. The van der Waals surface area contributed by atoms with Crippen molar-refractivity contribution in [3.63, 3.8) is 0 Å². The number of nitrogens with zero attached hydrogens (tertiary/aromatic N) is 1. The number of hydrogen-bond acceptors (Lipinski definition) is 2. The van der Waals surface area contributed by atoms with Gasteiger partial charge in [0.2, 0.25) is 5.91 Å². The summed E-state index contributed by atoms with van der Waals surface area (Å²) < 4.78 is 0. The quantitative estimate of drug-likeness (QED) is 0.882. The van der Waals surface area contributed by atoms with Crippen LogP contribution in [0.3, 0.4) is 0 Å². The molecule has 0 spiro atoms. The zero-order valence-corrected chi connectivity index (χ0v) is 11.6. The SMILES string of the molecule is N[C@@H]1C(=O)N(Cc2ccccc2)[C@H]1c1ccc(Cl)cc1. The molecule has 0 saturated carbocycles. The van der Waals surface area contributed by atoms with Gasteiger partial charge in [-0.25, -0.2) is 0 Å². The lowest BCUT2D eigenvalue weighted by Gasteiger charge is -2.45. The molecule has 102 valence electrons. The third-order valence-electron chi connectivity index (χ3n) is 3.65. The number of rotatable bonds is 3. The molecule has 0 bridgehead atoms. The fourth-order valence-corrected chi connectivity index (χ4v) is 2.70. The second kappa shape index (κ2) is 5.27. The van der Waals surface area contributed by atoms with Crippen LogP contribution < -0.4 is 5.73 Å². The molecule has 1 aliphatic heterocycles. The van der Waals surface area contributed by atoms with Gasteiger partial charge in [-0.2, -0.15) is 0 Å². The number of β-lactam (4-membered cyclic amide) rings is 1. The highest BCUT2D eigenvalue weighted by atomic mass is 35.5. The largest absolute Gasteiger partial charge is 0.328 e. The number of hydrogen-bond donors (Lipinski definition) is 1. The van der Waals surface area contributed by atoms with Crippen molar-refractivity contribution >= 4 is 17.5 Å². The molecule has 3 rings (SSSR count). The van der Waals surface area contributed by atoms with Gasteiger partial charge in [0.25, 0.3) is 0 Å². The zero-order chi connectivity index (χ0) is 14.1. The number of likely N-dealkylation sites (tertiary alicyclic amines) is 1. The standard InChI is InChI=1S/C16H15ClN2O/c17-13-8-6-12(7-9-13)15-14(18)16(20)19(15)10-11-4-2-1-3-5-11/h1-9,14-15H,10,18H2/t14-,15-/m0/s1. The molecule has 2 aromatic carbocycles. The third-order valence-corrected chi connectivity index (χ3v) is 3.90. The van der Waals surface area contributed by atoms with Crippen molar-refractivity contribution in [1.29, 1.82) is 0 Å². The number of halogens is 1. The molecule has 0 aromatic heterocycles. The first kappa shape index (κ1) is 13.2. The Morgan fingerprint density at radius 1 is 1.05 bits per heavy atom. The Balaban J connectivity index is 1.82. The number of benzene rings is 2. The molecule has 0 aliphatic carbocycles. The first-order valence-corrected chi connectivity index (χ1v) is 6.90. The van der Waals surface area contributed by atoms with Gasteiger partial charge in [-0.05, 0) is 23.3 Å². The van der Waals surface area contributed by atoms with Crippen molar-refractivity contribution in [2.24, 2.45) is 5.73 Å². The smallest absolute Gasteiger partial charge is 0.242 e. The molecule has 1 amide bonds. The summed E-state index contributed by atoms with van der Waals surface area (Å²) in [5, 5.41) is 0.683. The van der Waals surface area contributed by atoms with E-state index < -0.39 is 6.04 Å². The lowest BCUT2D eigenvalue weighted by Crippen LogP contribution is -2.62. The first-order chi connectivity index (χ1) is 9.66. The van der Waals surface area contributed by atoms with Crippen LogP contribution in [0.5, 0.6) is 0 Å². The van der Waals surface area contributed by atoms with Crippen molar-refractivity contribution in [1.82, 2.24) is 4.90 Å². The van der Waals surface area contributed by atoms with Crippen LogP contribution in [-0.2, 0) is 11.3 Å². The van der Waals surface area contributed by atoms with Gasteiger partial charge < -0.3 is 10.6 Å². The molecular formula is C16H15ClN2O. The molecular weight excluding hydrogens is 272 g/mol. The van der Waals surface area contributed by atoms with Gasteiger partial charge in [0.1, 0.15) is 6.04 Å². The molecule has 0 unspecified atom stereocenters. The normalized spacial score (nSPS) is 21.7. The van der Waals surface area contributed by atoms with Gasteiger partial charge in [0, 0.05) is 11.6 Å². The van der Waals surface area contributed by atoms with Crippen LogP contribution in [0, 0.1) is 0 Å². The summed E-state index contributed by atoms with van der Waals surface area (Å²) in [5.74, 6) is -0.00574. The Labute approximate surface area is 123 Å².